The number of urea groups is 1. The number of carbonyl (C=O) groups excluding carboxylic acids is 2. The third kappa shape index (κ3) is 8.53. The molecule has 0 radical (unpaired) electrons. The van der Waals surface area contributed by atoms with E-state index in [2.05, 4.69) is 16.0 Å². The van der Waals surface area contributed by atoms with Gasteiger partial charge in [0.05, 0.1) is 18.8 Å². The molecule has 0 saturated carbocycles. The Bertz CT molecular complexity index is 888. The number of hydrogen-bond acceptors (Lipinski definition) is 5. The van der Waals surface area contributed by atoms with Crippen molar-refractivity contribution in [3.8, 4) is 0 Å². The van der Waals surface area contributed by atoms with Crippen LogP contribution in [-0.4, -0.2) is 91.9 Å². The van der Waals surface area contributed by atoms with E-state index in [-0.39, 0.29) is 43.2 Å². The van der Waals surface area contributed by atoms with Gasteiger partial charge in [-0.05, 0) is 50.4 Å². The van der Waals surface area contributed by atoms with E-state index in [1.807, 2.05) is 35.0 Å². The number of piperidine rings is 2. The van der Waals surface area contributed by atoms with E-state index < -0.39 is 6.09 Å². The number of carbonyl (C=O) groups is 3. The van der Waals surface area contributed by atoms with Crippen LogP contribution in [0.5, 0.6) is 0 Å². The molecule has 200 valence electrons. The first kappa shape index (κ1) is 28.0. The molecule has 0 spiro atoms. The van der Waals surface area contributed by atoms with Gasteiger partial charge in [-0.2, -0.15) is 0 Å². The lowest BCUT2D eigenvalue weighted by atomic mass is 9.88. The Balaban J connectivity index is 1.64. The van der Waals surface area contributed by atoms with Gasteiger partial charge >= 0.3 is 12.1 Å². The molecule has 0 aromatic heterocycles. The number of nitrogens with one attached hydrogen (secondary N) is 3. The van der Waals surface area contributed by atoms with Crippen LogP contribution in [0.25, 0.3) is 0 Å². The van der Waals surface area contributed by atoms with Crippen molar-refractivity contribution in [2.24, 2.45) is 5.92 Å². The highest BCUT2D eigenvalue weighted by atomic mass is 35.5. The quantitative estimate of drug-likeness (QED) is 0.331. The molecule has 0 bridgehead atoms. The van der Waals surface area contributed by atoms with Crippen LogP contribution in [0.15, 0.2) is 24.3 Å². The predicted molar refractivity (Wildman–Crippen MR) is 137 cm³/mol. The molecule has 2 saturated heterocycles. The lowest BCUT2D eigenvalue weighted by Gasteiger charge is -2.38. The molecule has 2 heterocycles. The smallest absolute Gasteiger partial charge is 0.404 e. The molecule has 4 N–H and O–H groups in total. The van der Waals surface area contributed by atoms with E-state index in [0.29, 0.717) is 37.6 Å². The number of likely N-dealkylation sites (tertiary alicyclic amines) is 2. The van der Waals surface area contributed by atoms with Crippen LogP contribution in [0.4, 0.5) is 9.59 Å². The number of nitrogens with zero attached hydrogens (tertiary/aromatic N) is 2. The Hall–Kier alpha value is -2.56. The molecule has 36 heavy (non-hydrogen) atoms. The molecular weight excluding hydrogens is 486 g/mol. The van der Waals surface area contributed by atoms with Crippen LogP contribution < -0.4 is 16.0 Å². The number of rotatable bonds is 11. The minimum atomic E-state index is -1.10. The maximum Gasteiger partial charge on any atom is 0.404 e. The molecule has 4 amide bonds. The van der Waals surface area contributed by atoms with Crippen molar-refractivity contribution < 1.29 is 24.2 Å². The van der Waals surface area contributed by atoms with Crippen molar-refractivity contribution in [1.29, 1.82) is 0 Å². The minimum absolute atomic E-state index is 0.0271. The van der Waals surface area contributed by atoms with Gasteiger partial charge in [0.25, 0.3) is 0 Å². The summed E-state index contributed by atoms with van der Waals surface area (Å²) in [6.45, 7) is 3.32. The molecule has 0 aliphatic carbocycles. The molecule has 11 heteroatoms. The summed E-state index contributed by atoms with van der Waals surface area (Å²) in [6.07, 6.45) is 2.77. The summed E-state index contributed by atoms with van der Waals surface area (Å²) in [6, 6.07) is 7.12. The van der Waals surface area contributed by atoms with Crippen molar-refractivity contribution in [3.05, 3.63) is 34.9 Å². The van der Waals surface area contributed by atoms with Crippen molar-refractivity contribution in [3.63, 3.8) is 0 Å². The highest BCUT2D eigenvalue weighted by Crippen LogP contribution is 2.34. The maximum atomic E-state index is 13.2. The summed E-state index contributed by atoms with van der Waals surface area (Å²) < 4.78 is 6.14. The lowest BCUT2D eigenvalue weighted by Crippen LogP contribution is -2.55. The molecule has 3 atom stereocenters. The summed E-state index contributed by atoms with van der Waals surface area (Å²) in [5, 5.41) is 18.0. The van der Waals surface area contributed by atoms with Gasteiger partial charge < -0.3 is 35.6 Å². The van der Waals surface area contributed by atoms with E-state index in [1.54, 1.807) is 6.07 Å². The Morgan fingerprint density at radius 1 is 1.25 bits per heavy atom. The molecule has 2 fully saturated rings. The molecular formula is C25H38ClN5O5. The first-order valence-electron chi connectivity index (χ1n) is 12.7. The standard InChI is InChI=1S/C25H38ClN5O5/c1-27-15-21(17-30-11-3-2-9-22(30)32)29-24(33)31-12-5-7-19(16-31)23(36-13-10-28-25(34)35)18-6-4-8-20(26)14-18/h4,6,8,14,19,21,23,27-28H,2-3,5,7,9-13,15-17H2,1H3,(H,29,33)(H,34,35). The second-order valence-electron chi connectivity index (χ2n) is 9.43. The van der Waals surface area contributed by atoms with Gasteiger partial charge in [0.15, 0.2) is 0 Å². The van der Waals surface area contributed by atoms with Crippen molar-refractivity contribution in [2.45, 2.75) is 44.2 Å². The van der Waals surface area contributed by atoms with Crippen LogP contribution in [0, 0.1) is 5.92 Å². The molecule has 1 aromatic carbocycles. The van der Waals surface area contributed by atoms with Crippen LogP contribution in [0.3, 0.4) is 0 Å². The van der Waals surface area contributed by atoms with Gasteiger partial charge in [-0.25, -0.2) is 9.59 Å². The first-order valence-corrected chi connectivity index (χ1v) is 13.1. The molecule has 2 aliphatic rings. The number of benzene rings is 1. The average Bonchev–Trinajstić information content (AvgIpc) is 2.85. The van der Waals surface area contributed by atoms with Crippen LogP contribution in [-0.2, 0) is 9.53 Å². The second kappa shape index (κ2) is 14.2. The number of carboxylic acid groups (broad SMARTS) is 1. The molecule has 1 aromatic rings. The summed E-state index contributed by atoms with van der Waals surface area (Å²) >= 11 is 6.23. The Kier molecular flexibility index (Phi) is 11.1. The SMILES string of the molecule is CNCC(CN1CCCCC1=O)NC(=O)N1CCCC(C(OCCNC(=O)O)c2cccc(Cl)c2)C1. The van der Waals surface area contributed by atoms with Gasteiger partial charge in [-0.15, -0.1) is 0 Å². The lowest BCUT2D eigenvalue weighted by molar-refractivity contribution is -0.133. The zero-order valence-electron chi connectivity index (χ0n) is 20.9. The number of halogens is 1. The third-order valence-corrected chi connectivity index (χ3v) is 6.90. The fourth-order valence-electron chi connectivity index (χ4n) is 4.97. The zero-order chi connectivity index (χ0) is 25.9. The van der Waals surface area contributed by atoms with Gasteiger partial charge in [0.1, 0.15) is 0 Å². The van der Waals surface area contributed by atoms with Crippen molar-refractivity contribution >= 4 is 29.6 Å². The van der Waals surface area contributed by atoms with E-state index in [9.17, 15) is 14.4 Å². The Morgan fingerprint density at radius 3 is 2.81 bits per heavy atom. The van der Waals surface area contributed by atoms with Crippen LogP contribution >= 0.6 is 11.6 Å². The molecule has 3 rings (SSSR count). The summed E-state index contributed by atoms with van der Waals surface area (Å²) in [4.78, 5) is 40.0. The van der Waals surface area contributed by atoms with Gasteiger partial charge in [0.2, 0.25) is 5.91 Å². The molecule has 10 nitrogen and oxygen atoms in total. The summed E-state index contributed by atoms with van der Waals surface area (Å²) in [5.41, 5.74) is 0.904. The largest absolute Gasteiger partial charge is 0.465 e. The number of hydrogen-bond donors (Lipinski definition) is 4. The van der Waals surface area contributed by atoms with E-state index in [0.717, 1.165) is 37.8 Å². The highest BCUT2D eigenvalue weighted by molar-refractivity contribution is 6.30. The van der Waals surface area contributed by atoms with E-state index in [4.69, 9.17) is 21.4 Å². The van der Waals surface area contributed by atoms with E-state index in [1.165, 1.54) is 0 Å². The predicted octanol–water partition coefficient (Wildman–Crippen LogP) is 2.69. The normalized spacial score (nSPS) is 20.1. The number of likely N-dealkylation sites (N-methyl/N-ethyl adjacent to an activating group) is 1. The first-order chi connectivity index (χ1) is 17.4. The number of amides is 4. The third-order valence-electron chi connectivity index (χ3n) is 6.67. The average molecular weight is 524 g/mol. The van der Waals surface area contributed by atoms with Crippen molar-refractivity contribution in [2.75, 3.05) is 52.9 Å². The van der Waals surface area contributed by atoms with Gasteiger partial charge in [0, 0.05) is 56.6 Å². The molecule has 2 aliphatic heterocycles. The van der Waals surface area contributed by atoms with Crippen LogP contribution in [0.2, 0.25) is 5.02 Å². The highest BCUT2D eigenvalue weighted by Gasteiger charge is 2.32. The summed E-state index contributed by atoms with van der Waals surface area (Å²) in [5.74, 6) is 0.174. The zero-order valence-corrected chi connectivity index (χ0v) is 21.6. The van der Waals surface area contributed by atoms with Gasteiger partial charge in [-0.3, -0.25) is 4.79 Å². The fraction of sp³-hybridized carbons (Fsp3) is 0.640. The fourth-order valence-corrected chi connectivity index (χ4v) is 5.17. The summed E-state index contributed by atoms with van der Waals surface area (Å²) in [7, 11) is 1.83. The Labute approximate surface area is 217 Å². The monoisotopic (exact) mass is 523 g/mol. The Morgan fingerprint density at radius 2 is 2.08 bits per heavy atom. The van der Waals surface area contributed by atoms with Crippen molar-refractivity contribution in [1.82, 2.24) is 25.8 Å². The van der Waals surface area contributed by atoms with E-state index >= 15 is 0 Å². The number of ether oxygens (including phenoxy) is 1. The minimum Gasteiger partial charge on any atom is -0.465 e. The van der Waals surface area contributed by atoms with Crippen LogP contribution in [0.1, 0.15) is 43.8 Å². The van der Waals surface area contributed by atoms with Gasteiger partial charge in [-0.1, -0.05) is 23.7 Å². The molecule has 3 unspecified atom stereocenters. The topological polar surface area (TPSA) is 123 Å². The maximum absolute atomic E-state index is 13.2. The second-order valence-corrected chi connectivity index (χ2v) is 9.86.